The van der Waals surface area contributed by atoms with Crippen molar-refractivity contribution in [2.45, 2.75) is 58.0 Å². The summed E-state index contributed by atoms with van der Waals surface area (Å²) in [6.07, 6.45) is 8.89. The maximum absolute atomic E-state index is 12.2. The minimum atomic E-state index is 0.0795. The monoisotopic (exact) mass is 351 g/mol. The third-order valence-corrected chi connectivity index (χ3v) is 5.15. The van der Waals surface area contributed by atoms with Gasteiger partial charge in [0.25, 0.3) is 0 Å². The van der Waals surface area contributed by atoms with Gasteiger partial charge in [-0.2, -0.15) is 0 Å². The van der Waals surface area contributed by atoms with E-state index in [4.69, 9.17) is 0 Å². The second kappa shape index (κ2) is 7.72. The molecule has 0 fully saturated rings. The highest BCUT2D eigenvalue weighted by Gasteiger charge is 2.15. The molecule has 0 atom stereocenters. The zero-order chi connectivity index (χ0) is 17.8. The number of H-pyrrole nitrogens is 1. The number of nitrogens with zero attached hydrogens (tertiary/aromatic N) is 3. The van der Waals surface area contributed by atoms with Gasteiger partial charge in [0.1, 0.15) is 5.82 Å². The fraction of sp³-hybridized carbons (Fsp3) is 0.450. The minimum Gasteiger partial charge on any atom is -0.361 e. The Morgan fingerprint density at radius 3 is 3.08 bits per heavy atom. The summed E-state index contributed by atoms with van der Waals surface area (Å²) in [6.45, 7) is 1.44. The Balaban J connectivity index is 1.26. The van der Waals surface area contributed by atoms with Crippen molar-refractivity contribution in [1.29, 1.82) is 0 Å². The third-order valence-electron chi connectivity index (χ3n) is 5.15. The predicted molar refractivity (Wildman–Crippen MR) is 101 cm³/mol. The number of para-hydroxylation sites is 1. The first-order valence-corrected chi connectivity index (χ1v) is 9.54. The maximum atomic E-state index is 12.2. The van der Waals surface area contributed by atoms with Crippen LogP contribution in [0.4, 0.5) is 0 Å². The highest BCUT2D eigenvalue weighted by molar-refractivity contribution is 5.83. The van der Waals surface area contributed by atoms with Crippen LogP contribution in [0.3, 0.4) is 0 Å². The Hall–Kier alpha value is -2.63. The Morgan fingerprint density at radius 2 is 2.12 bits per heavy atom. The molecule has 0 saturated carbocycles. The molecule has 1 aliphatic rings. The van der Waals surface area contributed by atoms with E-state index in [9.17, 15) is 4.79 Å². The predicted octanol–water partition coefficient (Wildman–Crippen LogP) is 3.12. The normalized spacial score (nSPS) is 14.2. The van der Waals surface area contributed by atoms with E-state index < -0.39 is 0 Å². The first-order valence-electron chi connectivity index (χ1n) is 9.54. The van der Waals surface area contributed by atoms with Crippen LogP contribution in [0, 0.1) is 0 Å². The second-order valence-corrected chi connectivity index (χ2v) is 6.98. The van der Waals surface area contributed by atoms with E-state index in [1.807, 2.05) is 18.3 Å². The van der Waals surface area contributed by atoms with Crippen molar-refractivity contribution < 1.29 is 4.79 Å². The molecule has 0 aliphatic carbocycles. The van der Waals surface area contributed by atoms with E-state index in [-0.39, 0.29) is 5.91 Å². The Kier molecular flexibility index (Phi) is 5.00. The van der Waals surface area contributed by atoms with E-state index >= 15 is 0 Å². The second-order valence-electron chi connectivity index (χ2n) is 6.98. The lowest BCUT2D eigenvalue weighted by Crippen LogP contribution is -2.24. The number of hydrogen-bond donors (Lipinski definition) is 2. The van der Waals surface area contributed by atoms with Crippen LogP contribution in [-0.2, 0) is 30.7 Å². The Morgan fingerprint density at radius 1 is 1.19 bits per heavy atom. The number of carbonyl (C=O) groups excluding carboxylic acids is 1. The van der Waals surface area contributed by atoms with E-state index in [1.54, 1.807) is 0 Å². The van der Waals surface area contributed by atoms with Gasteiger partial charge in [-0.25, -0.2) is 0 Å². The summed E-state index contributed by atoms with van der Waals surface area (Å²) in [4.78, 5) is 15.5. The zero-order valence-electron chi connectivity index (χ0n) is 15.0. The number of benzene rings is 1. The van der Waals surface area contributed by atoms with Crippen LogP contribution < -0.4 is 5.32 Å². The molecule has 4 rings (SSSR count). The van der Waals surface area contributed by atoms with Crippen LogP contribution >= 0.6 is 0 Å². The lowest BCUT2D eigenvalue weighted by molar-refractivity contribution is -0.121. The quantitative estimate of drug-likeness (QED) is 0.716. The van der Waals surface area contributed by atoms with Gasteiger partial charge in [-0.3, -0.25) is 4.79 Å². The summed E-state index contributed by atoms with van der Waals surface area (Å²) in [5, 5.41) is 12.8. The average Bonchev–Trinajstić information content (AvgIpc) is 3.16. The number of carbonyl (C=O) groups is 1. The average molecular weight is 351 g/mol. The number of rotatable bonds is 6. The molecule has 26 heavy (non-hydrogen) atoms. The van der Waals surface area contributed by atoms with Gasteiger partial charge in [0.2, 0.25) is 5.91 Å². The number of amides is 1. The lowest BCUT2D eigenvalue weighted by Gasteiger charge is -2.08. The van der Waals surface area contributed by atoms with Crippen LogP contribution in [0.25, 0.3) is 10.9 Å². The molecular formula is C20H25N5O. The molecule has 6 heteroatoms. The van der Waals surface area contributed by atoms with Gasteiger partial charge in [-0.05, 0) is 37.3 Å². The maximum Gasteiger partial charge on any atom is 0.220 e. The molecule has 0 unspecified atom stereocenters. The largest absolute Gasteiger partial charge is 0.361 e. The SMILES string of the molecule is O=C(CCCc1c[nH]c2ccccc12)NCc1nnc2n1CCCCC2. The van der Waals surface area contributed by atoms with Gasteiger partial charge in [-0.1, -0.05) is 24.6 Å². The first-order chi connectivity index (χ1) is 12.8. The van der Waals surface area contributed by atoms with Crippen molar-refractivity contribution in [3.05, 3.63) is 47.7 Å². The molecule has 136 valence electrons. The van der Waals surface area contributed by atoms with E-state index in [0.717, 1.165) is 49.4 Å². The molecule has 2 aromatic heterocycles. The number of nitrogens with one attached hydrogen (secondary N) is 2. The summed E-state index contributed by atoms with van der Waals surface area (Å²) in [5.41, 5.74) is 2.43. The molecule has 0 bridgehead atoms. The smallest absolute Gasteiger partial charge is 0.220 e. The van der Waals surface area contributed by atoms with E-state index in [0.29, 0.717) is 13.0 Å². The minimum absolute atomic E-state index is 0.0795. The molecule has 1 aromatic carbocycles. The fourth-order valence-corrected chi connectivity index (χ4v) is 3.72. The molecule has 3 heterocycles. The summed E-state index contributed by atoms with van der Waals surface area (Å²) in [7, 11) is 0. The number of aryl methyl sites for hydroxylation is 2. The third kappa shape index (κ3) is 3.64. The molecule has 3 aromatic rings. The number of aromatic amines is 1. The zero-order valence-corrected chi connectivity index (χ0v) is 15.0. The van der Waals surface area contributed by atoms with Crippen molar-refractivity contribution in [3.63, 3.8) is 0 Å². The van der Waals surface area contributed by atoms with Gasteiger partial charge in [0.05, 0.1) is 6.54 Å². The van der Waals surface area contributed by atoms with Crippen LogP contribution in [-0.4, -0.2) is 25.7 Å². The topological polar surface area (TPSA) is 75.6 Å². The molecule has 1 aliphatic heterocycles. The number of hydrogen-bond acceptors (Lipinski definition) is 3. The van der Waals surface area contributed by atoms with Crippen molar-refractivity contribution in [3.8, 4) is 0 Å². The van der Waals surface area contributed by atoms with Gasteiger partial charge < -0.3 is 14.9 Å². The summed E-state index contributed by atoms with van der Waals surface area (Å²) in [6, 6.07) is 8.28. The Bertz CT molecular complexity index is 895. The first kappa shape index (κ1) is 16.8. The molecule has 0 radical (unpaired) electrons. The summed E-state index contributed by atoms with van der Waals surface area (Å²) >= 11 is 0. The van der Waals surface area contributed by atoms with Gasteiger partial charge in [0.15, 0.2) is 5.82 Å². The number of aromatic nitrogens is 4. The highest BCUT2D eigenvalue weighted by Crippen LogP contribution is 2.19. The lowest BCUT2D eigenvalue weighted by atomic mass is 10.1. The van der Waals surface area contributed by atoms with Crippen LogP contribution in [0.1, 0.15) is 49.3 Å². The van der Waals surface area contributed by atoms with Crippen molar-refractivity contribution in [2.24, 2.45) is 0 Å². The molecule has 6 nitrogen and oxygen atoms in total. The molecular weight excluding hydrogens is 326 g/mol. The van der Waals surface area contributed by atoms with Crippen LogP contribution in [0.2, 0.25) is 0 Å². The van der Waals surface area contributed by atoms with Crippen molar-refractivity contribution in [1.82, 2.24) is 25.1 Å². The standard InChI is InChI=1S/C20H25N5O/c26-20(11-6-7-15-13-21-17-9-4-3-8-16(15)17)22-14-19-24-23-18-10-2-1-5-12-25(18)19/h3-4,8-9,13,21H,1-2,5-7,10-12,14H2,(H,22,26). The van der Waals surface area contributed by atoms with Crippen molar-refractivity contribution in [2.75, 3.05) is 0 Å². The highest BCUT2D eigenvalue weighted by atomic mass is 16.1. The van der Waals surface area contributed by atoms with Gasteiger partial charge in [-0.15, -0.1) is 10.2 Å². The van der Waals surface area contributed by atoms with Crippen LogP contribution in [0.5, 0.6) is 0 Å². The van der Waals surface area contributed by atoms with Gasteiger partial charge >= 0.3 is 0 Å². The molecule has 1 amide bonds. The molecule has 2 N–H and O–H groups in total. The molecule has 0 spiro atoms. The Labute approximate surface area is 153 Å². The fourth-order valence-electron chi connectivity index (χ4n) is 3.72. The van der Waals surface area contributed by atoms with E-state index in [1.165, 1.54) is 23.8 Å². The molecule has 0 saturated heterocycles. The van der Waals surface area contributed by atoms with Gasteiger partial charge in [0, 0.05) is 36.5 Å². The summed E-state index contributed by atoms with van der Waals surface area (Å²) < 4.78 is 2.18. The summed E-state index contributed by atoms with van der Waals surface area (Å²) in [5.74, 6) is 2.02. The van der Waals surface area contributed by atoms with E-state index in [2.05, 4.69) is 37.2 Å². The van der Waals surface area contributed by atoms with Crippen molar-refractivity contribution >= 4 is 16.8 Å². The van der Waals surface area contributed by atoms with Crippen LogP contribution in [0.15, 0.2) is 30.5 Å². The number of fused-ring (bicyclic) bond motifs is 2.